The van der Waals surface area contributed by atoms with Gasteiger partial charge in [-0.25, -0.2) is 13.2 Å². The van der Waals surface area contributed by atoms with Gasteiger partial charge in [-0.3, -0.25) is 0 Å². The van der Waals surface area contributed by atoms with Crippen molar-refractivity contribution in [2.45, 2.75) is 76.3 Å². The molecule has 1 aromatic rings. The van der Waals surface area contributed by atoms with Crippen molar-refractivity contribution in [3.05, 3.63) is 29.8 Å². The highest BCUT2D eigenvalue weighted by Gasteiger charge is 2.25. The molecule has 7 nitrogen and oxygen atoms in total. The number of amides is 2. The molecule has 180 valence electrons. The van der Waals surface area contributed by atoms with E-state index in [1.807, 2.05) is 20.8 Å². The van der Waals surface area contributed by atoms with Gasteiger partial charge in [-0.05, 0) is 56.2 Å². The van der Waals surface area contributed by atoms with Gasteiger partial charge >= 0.3 is 6.03 Å². The molecular formula is C24H40N4O3S. The second-order valence-electron chi connectivity index (χ2n) is 9.22. The lowest BCUT2D eigenvalue weighted by molar-refractivity contribution is 0.171. The number of carbonyl (C=O) groups is 1. The number of nitrogens with zero attached hydrogens (tertiary/aromatic N) is 2. The van der Waals surface area contributed by atoms with Crippen molar-refractivity contribution in [3.8, 4) is 0 Å². The summed E-state index contributed by atoms with van der Waals surface area (Å²) >= 11 is 0. The van der Waals surface area contributed by atoms with E-state index in [-0.39, 0.29) is 23.0 Å². The number of urea groups is 1. The Bertz CT molecular complexity index is 825. The topological polar surface area (TPSA) is 81.8 Å². The number of benzene rings is 1. The summed E-state index contributed by atoms with van der Waals surface area (Å²) in [5.41, 5.74) is 0.880. The molecule has 0 radical (unpaired) electrons. The third kappa shape index (κ3) is 6.45. The first kappa shape index (κ1) is 25.0. The predicted molar refractivity (Wildman–Crippen MR) is 128 cm³/mol. The van der Waals surface area contributed by atoms with Crippen LogP contribution >= 0.6 is 0 Å². The van der Waals surface area contributed by atoms with Crippen LogP contribution in [0.2, 0.25) is 0 Å². The Labute approximate surface area is 194 Å². The summed E-state index contributed by atoms with van der Waals surface area (Å²) in [6.45, 7) is 9.79. The van der Waals surface area contributed by atoms with Crippen LogP contribution in [0.25, 0.3) is 0 Å². The van der Waals surface area contributed by atoms with Crippen LogP contribution in [-0.4, -0.2) is 62.4 Å². The molecular weight excluding hydrogens is 424 g/mol. The van der Waals surface area contributed by atoms with E-state index < -0.39 is 10.0 Å². The molecule has 1 heterocycles. The van der Waals surface area contributed by atoms with Crippen LogP contribution in [0, 0.1) is 5.92 Å². The average molecular weight is 465 g/mol. The van der Waals surface area contributed by atoms with Gasteiger partial charge in [-0.15, -0.1) is 0 Å². The fourth-order valence-corrected chi connectivity index (χ4v) is 6.42. The van der Waals surface area contributed by atoms with Gasteiger partial charge in [-0.1, -0.05) is 38.8 Å². The smallest absolute Gasteiger partial charge is 0.315 e. The maximum absolute atomic E-state index is 12.6. The molecule has 2 amide bonds. The van der Waals surface area contributed by atoms with Gasteiger partial charge < -0.3 is 15.5 Å². The van der Waals surface area contributed by atoms with Crippen molar-refractivity contribution in [2.75, 3.05) is 32.7 Å². The fraction of sp³-hybridized carbons (Fsp3) is 0.708. The van der Waals surface area contributed by atoms with E-state index in [4.69, 9.17) is 0 Å². The van der Waals surface area contributed by atoms with Crippen molar-refractivity contribution in [2.24, 2.45) is 5.92 Å². The van der Waals surface area contributed by atoms with Crippen LogP contribution in [0.15, 0.2) is 29.2 Å². The molecule has 3 rings (SSSR count). The van der Waals surface area contributed by atoms with Gasteiger partial charge in [0.2, 0.25) is 10.0 Å². The summed E-state index contributed by atoms with van der Waals surface area (Å²) in [6.07, 6.45) is 7.51. The summed E-state index contributed by atoms with van der Waals surface area (Å²) in [4.78, 5) is 15.4. The molecule has 1 unspecified atom stereocenters. The van der Waals surface area contributed by atoms with Crippen LogP contribution < -0.4 is 10.6 Å². The third-order valence-electron chi connectivity index (χ3n) is 6.98. The number of rotatable bonds is 9. The minimum Gasteiger partial charge on any atom is -0.335 e. The van der Waals surface area contributed by atoms with E-state index in [1.165, 1.54) is 36.5 Å². The Morgan fingerprint density at radius 2 is 1.66 bits per heavy atom. The minimum absolute atomic E-state index is 0.161. The molecule has 1 saturated carbocycles. The number of hydrogen-bond donors (Lipinski definition) is 2. The standard InChI is InChI=1S/C24H40N4O3S/c1-4-28(5-2)32(30,31)23-12-10-21(11-13-23)19(3)25-24(29)26-22-14-16-27(17-15-22)18-20-8-6-7-9-20/h10-13,19-20,22H,4-9,14-18H2,1-3H3,(H2,25,26,29). The number of carbonyl (C=O) groups excluding carboxylic acids is 1. The Kier molecular flexibility index (Phi) is 8.96. The zero-order valence-electron chi connectivity index (χ0n) is 19.8. The molecule has 1 saturated heterocycles. The summed E-state index contributed by atoms with van der Waals surface area (Å²) in [7, 11) is -3.47. The van der Waals surface area contributed by atoms with Crippen LogP contribution in [0.4, 0.5) is 4.79 Å². The van der Waals surface area contributed by atoms with Gasteiger partial charge in [0.25, 0.3) is 0 Å². The third-order valence-corrected chi connectivity index (χ3v) is 9.05. The van der Waals surface area contributed by atoms with Crippen LogP contribution in [0.1, 0.15) is 70.9 Å². The van der Waals surface area contributed by atoms with Crippen LogP contribution in [-0.2, 0) is 10.0 Å². The zero-order valence-corrected chi connectivity index (χ0v) is 20.7. The molecule has 8 heteroatoms. The number of likely N-dealkylation sites (tertiary alicyclic amines) is 1. The summed E-state index contributed by atoms with van der Waals surface area (Å²) in [5, 5.41) is 6.11. The Hall–Kier alpha value is -1.64. The SMILES string of the molecule is CCN(CC)S(=O)(=O)c1ccc(C(C)NC(=O)NC2CCN(CC3CCCC3)CC2)cc1. The van der Waals surface area contributed by atoms with E-state index in [9.17, 15) is 13.2 Å². The number of sulfonamides is 1. The Morgan fingerprint density at radius 1 is 1.06 bits per heavy atom. The lowest BCUT2D eigenvalue weighted by atomic mass is 10.0. The average Bonchev–Trinajstić information content (AvgIpc) is 3.29. The lowest BCUT2D eigenvalue weighted by Gasteiger charge is -2.34. The van der Waals surface area contributed by atoms with E-state index in [0.29, 0.717) is 13.1 Å². The number of nitrogens with one attached hydrogen (secondary N) is 2. The summed E-state index contributed by atoms with van der Waals surface area (Å²) in [6, 6.07) is 6.65. The van der Waals surface area contributed by atoms with Crippen molar-refractivity contribution in [3.63, 3.8) is 0 Å². The van der Waals surface area contributed by atoms with Gasteiger partial charge in [0, 0.05) is 38.8 Å². The largest absolute Gasteiger partial charge is 0.335 e. The van der Waals surface area contributed by atoms with Gasteiger partial charge in [-0.2, -0.15) is 4.31 Å². The molecule has 2 N–H and O–H groups in total. The normalized spacial score (nSPS) is 19.9. The van der Waals surface area contributed by atoms with E-state index in [2.05, 4.69) is 15.5 Å². The van der Waals surface area contributed by atoms with E-state index in [0.717, 1.165) is 37.4 Å². The second kappa shape index (κ2) is 11.5. The van der Waals surface area contributed by atoms with Crippen LogP contribution in [0.5, 0.6) is 0 Å². The molecule has 0 spiro atoms. The quantitative estimate of drug-likeness (QED) is 0.583. The first-order valence-corrected chi connectivity index (χ1v) is 13.7. The fourth-order valence-electron chi connectivity index (χ4n) is 4.97. The van der Waals surface area contributed by atoms with E-state index in [1.54, 1.807) is 24.3 Å². The molecule has 1 aliphatic heterocycles. The van der Waals surface area contributed by atoms with Crippen molar-refractivity contribution >= 4 is 16.1 Å². The molecule has 2 fully saturated rings. The Balaban J connectivity index is 1.45. The van der Waals surface area contributed by atoms with Crippen LogP contribution in [0.3, 0.4) is 0 Å². The van der Waals surface area contributed by atoms with Gasteiger partial charge in [0.1, 0.15) is 0 Å². The van der Waals surface area contributed by atoms with E-state index >= 15 is 0 Å². The second-order valence-corrected chi connectivity index (χ2v) is 11.2. The zero-order chi connectivity index (χ0) is 23.1. The van der Waals surface area contributed by atoms with Crippen molar-refractivity contribution in [1.29, 1.82) is 0 Å². The summed E-state index contributed by atoms with van der Waals surface area (Å²) in [5.74, 6) is 0.872. The summed E-state index contributed by atoms with van der Waals surface area (Å²) < 4.78 is 26.7. The molecule has 1 aliphatic carbocycles. The van der Waals surface area contributed by atoms with Gasteiger partial charge in [0.15, 0.2) is 0 Å². The highest BCUT2D eigenvalue weighted by molar-refractivity contribution is 7.89. The number of piperidine rings is 1. The molecule has 32 heavy (non-hydrogen) atoms. The monoisotopic (exact) mass is 464 g/mol. The number of hydrogen-bond acceptors (Lipinski definition) is 4. The van der Waals surface area contributed by atoms with Crippen molar-refractivity contribution in [1.82, 2.24) is 19.8 Å². The molecule has 0 aromatic heterocycles. The minimum atomic E-state index is -3.47. The van der Waals surface area contributed by atoms with Crippen molar-refractivity contribution < 1.29 is 13.2 Å². The Morgan fingerprint density at radius 3 is 2.22 bits per heavy atom. The molecule has 1 aromatic carbocycles. The molecule has 2 aliphatic rings. The molecule has 0 bridgehead atoms. The first-order chi connectivity index (χ1) is 15.3. The first-order valence-electron chi connectivity index (χ1n) is 12.2. The lowest BCUT2D eigenvalue weighted by Crippen LogP contribution is -2.48. The van der Waals surface area contributed by atoms with Gasteiger partial charge in [0.05, 0.1) is 10.9 Å². The molecule has 1 atom stereocenters. The highest BCUT2D eigenvalue weighted by atomic mass is 32.2. The maximum Gasteiger partial charge on any atom is 0.315 e. The highest BCUT2D eigenvalue weighted by Crippen LogP contribution is 2.26. The predicted octanol–water partition coefficient (Wildman–Crippen LogP) is 3.73. The maximum atomic E-state index is 12.6.